The van der Waals surface area contributed by atoms with E-state index in [0.29, 0.717) is 18.0 Å². The highest BCUT2D eigenvalue weighted by atomic mass is 32.2. The van der Waals surface area contributed by atoms with Crippen LogP contribution in [0.15, 0.2) is 29.2 Å². The highest BCUT2D eigenvalue weighted by Gasteiger charge is 2.25. The minimum atomic E-state index is -3.33. The summed E-state index contributed by atoms with van der Waals surface area (Å²) in [5.41, 5.74) is 6.70. The molecular formula is C12H18N2O2S2. The summed E-state index contributed by atoms with van der Waals surface area (Å²) in [7, 11) is -3.33. The third-order valence-corrected chi connectivity index (χ3v) is 5.87. The van der Waals surface area contributed by atoms with E-state index in [1.807, 2.05) is 6.92 Å². The number of nitrogens with zero attached hydrogens (tertiary/aromatic N) is 1. The van der Waals surface area contributed by atoms with Crippen LogP contribution in [0.4, 0.5) is 0 Å². The van der Waals surface area contributed by atoms with Gasteiger partial charge in [0.2, 0.25) is 10.0 Å². The predicted octanol–water partition coefficient (Wildman–Crippen LogP) is 1.44. The molecule has 0 bridgehead atoms. The van der Waals surface area contributed by atoms with Crippen molar-refractivity contribution in [3.63, 3.8) is 0 Å². The Labute approximate surface area is 113 Å². The molecule has 0 radical (unpaired) electrons. The van der Waals surface area contributed by atoms with Crippen LogP contribution in [0.1, 0.15) is 18.5 Å². The van der Waals surface area contributed by atoms with Gasteiger partial charge in [0.25, 0.3) is 0 Å². The van der Waals surface area contributed by atoms with Gasteiger partial charge in [0.05, 0.1) is 4.90 Å². The molecule has 4 nitrogen and oxygen atoms in total. The standard InChI is InChI=1S/C12H18N2O2S2/c1-10(13)11-2-4-12(5-3-11)18(15,16)14-6-8-17-9-7-14/h2-5,10H,6-9,13H2,1H3. The van der Waals surface area contributed by atoms with Gasteiger partial charge in [-0.2, -0.15) is 16.1 Å². The van der Waals surface area contributed by atoms with E-state index < -0.39 is 10.0 Å². The molecule has 1 aromatic carbocycles. The number of nitrogens with two attached hydrogens (primary N) is 1. The van der Waals surface area contributed by atoms with Crippen molar-refractivity contribution in [1.82, 2.24) is 4.31 Å². The summed E-state index contributed by atoms with van der Waals surface area (Å²) in [4.78, 5) is 0.360. The first-order chi connectivity index (χ1) is 8.51. The van der Waals surface area contributed by atoms with Crippen molar-refractivity contribution in [2.45, 2.75) is 17.9 Å². The Morgan fingerprint density at radius 3 is 2.28 bits per heavy atom. The summed E-state index contributed by atoms with van der Waals surface area (Å²) in [6, 6.07) is 6.80. The molecule has 100 valence electrons. The van der Waals surface area contributed by atoms with Crippen LogP contribution in [-0.4, -0.2) is 37.3 Å². The number of hydrogen-bond acceptors (Lipinski definition) is 4. The van der Waals surface area contributed by atoms with E-state index in [-0.39, 0.29) is 6.04 Å². The summed E-state index contributed by atoms with van der Waals surface area (Å²) < 4.78 is 26.3. The van der Waals surface area contributed by atoms with Crippen molar-refractivity contribution in [1.29, 1.82) is 0 Å². The third-order valence-electron chi connectivity index (χ3n) is 3.01. The number of sulfonamides is 1. The zero-order chi connectivity index (χ0) is 13.2. The van der Waals surface area contributed by atoms with E-state index in [0.717, 1.165) is 17.1 Å². The van der Waals surface area contributed by atoms with E-state index in [4.69, 9.17) is 5.73 Å². The lowest BCUT2D eigenvalue weighted by Gasteiger charge is -2.25. The van der Waals surface area contributed by atoms with E-state index in [9.17, 15) is 8.42 Å². The molecule has 18 heavy (non-hydrogen) atoms. The SMILES string of the molecule is CC(N)c1ccc(S(=O)(=O)N2CCSCC2)cc1. The minimum absolute atomic E-state index is 0.0758. The molecule has 2 rings (SSSR count). The highest BCUT2D eigenvalue weighted by molar-refractivity contribution is 7.99. The van der Waals surface area contributed by atoms with Crippen LogP contribution in [0.25, 0.3) is 0 Å². The molecule has 1 aliphatic rings. The van der Waals surface area contributed by atoms with Gasteiger partial charge in [0.15, 0.2) is 0 Å². The maximum Gasteiger partial charge on any atom is 0.243 e. The van der Waals surface area contributed by atoms with E-state index >= 15 is 0 Å². The Morgan fingerprint density at radius 2 is 1.78 bits per heavy atom. The van der Waals surface area contributed by atoms with Gasteiger partial charge in [-0.05, 0) is 24.6 Å². The lowest BCUT2D eigenvalue weighted by Crippen LogP contribution is -2.37. The van der Waals surface area contributed by atoms with Crippen molar-refractivity contribution in [2.24, 2.45) is 5.73 Å². The summed E-state index contributed by atoms with van der Waals surface area (Å²) >= 11 is 1.79. The molecule has 1 heterocycles. The van der Waals surface area contributed by atoms with Crippen LogP contribution in [0, 0.1) is 0 Å². The normalized spacial score (nSPS) is 19.7. The topological polar surface area (TPSA) is 63.4 Å². The monoisotopic (exact) mass is 286 g/mol. The first-order valence-corrected chi connectivity index (χ1v) is 8.55. The second-order valence-electron chi connectivity index (χ2n) is 4.37. The Kier molecular flexibility index (Phi) is 4.32. The van der Waals surface area contributed by atoms with Crippen molar-refractivity contribution >= 4 is 21.8 Å². The summed E-state index contributed by atoms with van der Waals surface area (Å²) in [6.07, 6.45) is 0. The third kappa shape index (κ3) is 2.88. The van der Waals surface area contributed by atoms with Crippen molar-refractivity contribution < 1.29 is 8.42 Å². The second-order valence-corrected chi connectivity index (χ2v) is 7.54. The van der Waals surface area contributed by atoms with Crippen molar-refractivity contribution in [3.8, 4) is 0 Å². The zero-order valence-corrected chi connectivity index (χ0v) is 12.0. The van der Waals surface area contributed by atoms with E-state index in [2.05, 4.69) is 0 Å². The van der Waals surface area contributed by atoms with Gasteiger partial charge < -0.3 is 5.73 Å². The fraction of sp³-hybridized carbons (Fsp3) is 0.500. The minimum Gasteiger partial charge on any atom is -0.324 e. The first kappa shape index (κ1) is 13.9. The predicted molar refractivity (Wildman–Crippen MR) is 75.1 cm³/mol. The molecule has 0 spiro atoms. The molecule has 0 aromatic heterocycles. The number of thioether (sulfide) groups is 1. The summed E-state index contributed by atoms with van der Waals surface area (Å²) in [6.45, 7) is 3.08. The Hall–Kier alpha value is -0.560. The first-order valence-electron chi connectivity index (χ1n) is 5.95. The van der Waals surface area contributed by atoms with Crippen LogP contribution < -0.4 is 5.73 Å². The smallest absolute Gasteiger partial charge is 0.243 e. The molecule has 1 fully saturated rings. The second kappa shape index (κ2) is 5.61. The molecular weight excluding hydrogens is 268 g/mol. The van der Waals surface area contributed by atoms with Gasteiger partial charge in [-0.3, -0.25) is 0 Å². The summed E-state index contributed by atoms with van der Waals surface area (Å²) in [5.74, 6) is 1.74. The number of rotatable bonds is 3. The van der Waals surface area contributed by atoms with Gasteiger partial charge in [-0.1, -0.05) is 12.1 Å². The van der Waals surface area contributed by atoms with Gasteiger partial charge in [-0.25, -0.2) is 8.42 Å². The molecule has 1 atom stereocenters. The molecule has 0 amide bonds. The van der Waals surface area contributed by atoms with E-state index in [1.165, 1.54) is 0 Å². The van der Waals surface area contributed by atoms with Crippen LogP contribution in [0.2, 0.25) is 0 Å². The zero-order valence-electron chi connectivity index (χ0n) is 10.4. The summed E-state index contributed by atoms with van der Waals surface area (Å²) in [5, 5.41) is 0. The van der Waals surface area contributed by atoms with Gasteiger partial charge >= 0.3 is 0 Å². The fourth-order valence-corrected chi connectivity index (χ4v) is 4.46. The Bertz CT molecular complexity index is 491. The van der Waals surface area contributed by atoms with Crippen LogP contribution in [-0.2, 0) is 10.0 Å². The van der Waals surface area contributed by atoms with Gasteiger partial charge in [0.1, 0.15) is 0 Å². The van der Waals surface area contributed by atoms with Crippen LogP contribution in [0.3, 0.4) is 0 Å². The molecule has 1 aromatic rings. The largest absolute Gasteiger partial charge is 0.324 e. The highest BCUT2D eigenvalue weighted by Crippen LogP contribution is 2.21. The number of hydrogen-bond donors (Lipinski definition) is 1. The lowest BCUT2D eigenvalue weighted by molar-refractivity contribution is 0.443. The molecule has 1 aliphatic heterocycles. The van der Waals surface area contributed by atoms with Crippen LogP contribution >= 0.6 is 11.8 Å². The Morgan fingerprint density at radius 1 is 1.22 bits per heavy atom. The molecule has 1 unspecified atom stereocenters. The fourth-order valence-electron chi connectivity index (χ4n) is 1.88. The molecule has 0 saturated carbocycles. The molecule has 2 N–H and O–H groups in total. The number of benzene rings is 1. The van der Waals surface area contributed by atoms with E-state index in [1.54, 1.807) is 40.3 Å². The van der Waals surface area contributed by atoms with Crippen LogP contribution in [0.5, 0.6) is 0 Å². The quantitative estimate of drug-likeness (QED) is 0.913. The van der Waals surface area contributed by atoms with Gasteiger partial charge in [-0.15, -0.1) is 0 Å². The maximum absolute atomic E-state index is 12.4. The molecule has 0 aliphatic carbocycles. The Balaban J connectivity index is 2.23. The lowest BCUT2D eigenvalue weighted by atomic mass is 10.1. The average Bonchev–Trinajstić information content (AvgIpc) is 2.40. The van der Waals surface area contributed by atoms with Crippen molar-refractivity contribution in [3.05, 3.63) is 29.8 Å². The van der Waals surface area contributed by atoms with Gasteiger partial charge in [0, 0.05) is 30.6 Å². The average molecular weight is 286 g/mol. The molecule has 1 saturated heterocycles. The molecule has 6 heteroatoms. The van der Waals surface area contributed by atoms with Crippen molar-refractivity contribution in [2.75, 3.05) is 24.6 Å². The maximum atomic E-state index is 12.4.